The van der Waals surface area contributed by atoms with Crippen molar-refractivity contribution in [1.29, 1.82) is 0 Å². The molecular weight excluding hydrogens is 471 g/mol. The van der Waals surface area contributed by atoms with E-state index in [4.69, 9.17) is 4.74 Å². The summed E-state index contributed by atoms with van der Waals surface area (Å²) in [4.78, 5) is 42.5. The number of thioether (sulfide) groups is 1. The summed E-state index contributed by atoms with van der Waals surface area (Å²) in [5.74, 6) is -1.84. The van der Waals surface area contributed by atoms with Crippen LogP contribution in [-0.2, 0) is 25.7 Å². The van der Waals surface area contributed by atoms with Crippen LogP contribution in [-0.4, -0.2) is 69.7 Å². The molecule has 7 nitrogen and oxygen atoms in total. The van der Waals surface area contributed by atoms with Gasteiger partial charge in [-0.2, -0.15) is 0 Å². The Morgan fingerprint density at radius 2 is 1.86 bits per heavy atom. The Balaban J connectivity index is 1.44. The van der Waals surface area contributed by atoms with Crippen LogP contribution in [0.15, 0.2) is 34.9 Å². The fraction of sp³-hybridized carbons (Fsp3) is 0.577. The maximum atomic E-state index is 13.2. The van der Waals surface area contributed by atoms with Crippen LogP contribution in [0.25, 0.3) is 0 Å². The number of hydrogen-bond donors (Lipinski definition) is 1. The third-order valence-corrected chi connectivity index (χ3v) is 8.29. The highest BCUT2D eigenvalue weighted by molar-refractivity contribution is 8.03. The van der Waals surface area contributed by atoms with Crippen molar-refractivity contribution in [2.45, 2.75) is 58.1 Å². The number of esters is 1. The molecule has 3 aliphatic rings. The molecule has 3 heterocycles. The summed E-state index contributed by atoms with van der Waals surface area (Å²) in [6, 6.07) is 6.18. The van der Waals surface area contributed by atoms with E-state index in [1.54, 1.807) is 30.8 Å². The monoisotopic (exact) mass is 504 g/mol. The molecule has 0 bridgehead atoms. The van der Waals surface area contributed by atoms with Gasteiger partial charge in [-0.3, -0.25) is 14.5 Å². The number of halogens is 1. The Morgan fingerprint density at radius 3 is 2.46 bits per heavy atom. The van der Waals surface area contributed by atoms with Crippen LogP contribution >= 0.6 is 11.8 Å². The average molecular weight is 505 g/mol. The summed E-state index contributed by atoms with van der Waals surface area (Å²) < 4.78 is 18.5. The molecule has 2 fully saturated rings. The number of aliphatic hydroxyl groups excluding tert-OH is 1. The van der Waals surface area contributed by atoms with Crippen LogP contribution in [0.2, 0.25) is 0 Å². The van der Waals surface area contributed by atoms with Gasteiger partial charge in [0, 0.05) is 42.1 Å². The molecule has 4 atom stereocenters. The van der Waals surface area contributed by atoms with Gasteiger partial charge in [0.2, 0.25) is 5.91 Å². The smallest absolute Gasteiger partial charge is 0.356 e. The van der Waals surface area contributed by atoms with E-state index in [1.807, 2.05) is 20.8 Å². The number of β-lactam (4-membered cyclic amide) rings is 1. The van der Waals surface area contributed by atoms with Crippen LogP contribution in [0.4, 0.5) is 4.39 Å². The van der Waals surface area contributed by atoms with E-state index in [1.165, 1.54) is 17.0 Å². The SMILES string of the molecule is CC(C)CC(=O)COC(=O)C1=C(SC2CN(Cc3ccc(F)cc3)C2)[C@H](C)[C@@H]2[C@@H]([C@@H](C)O)C(=O)N12. The molecule has 1 amide bonds. The standard InChI is InChI=1S/C26H33FN2O5S/c1-14(2)9-19(31)13-34-26(33)23-24(15(3)22-21(16(4)30)25(32)29(22)23)35-20-11-28(12-20)10-17-5-7-18(27)8-6-17/h5-8,14-16,20-22,30H,9-13H2,1-4H3/t15-,16-,21-,22-/m1/s1. The first kappa shape index (κ1) is 25.9. The van der Waals surface area contributed by atoms with Gasteiger partial charge in [0.25, 0.3) is 0 Å². The first-order chi connectivity index (χ1) is 16.6. The van der Waals surface area contributed by atoms with Crippen LogP contribution in [0, 0.1) is 23.6 Å². The molecule has 35 heavy (non-hydrogen) atoms. The van der Waals surface area contributed by atoms with Gasteiger partial charge < -0.3 is 14.7 Å². The second kappa shape index (κ2) is 10.4. The topological polar surface area (TPSA) is 87.1 Å². The van der Waals surface area contributed by atoms with Crippen molar-refractivity contribution in [1.82, 2.24) is 9.80 Å². The van der Waals surface area contributed by atoms with Crippen LogP contribution in [0.3, 0.4) is 0 Å². The lowest BCUT2D eigenvalue weighted by molar-refractivity contribution is -0.164. The Labute approximate surface area is 209 Å². The molecule has 0 aliphatic carbocycles. The molecule has 0 unspecified atom stereocenters. The minimum atomic E-state index is -0.810. The first-order valence-corrected chi connectivity index (χ1v) is 13.0. The van der Waals surface area contributed by atoms with E-state index in [9.17, 15) is 23.9 Å². The van der Waals surface area contributed by atoms with Gasteiger partial charge in [-0.1, -0.05) is 32.9 Å². The molecule has 3 aliphatic heterocycles. The highest BCUT2D eigenvalue weighted by Crippen LogP contribution is 2.52. The summed E-state index contributed by atoms with van der Waals surface area (Å²) in [6.07, 6.45) is -0.485. The number of amides is 1. The highest BCUT2D eigenvalue weighted by Gasteiger charge is 2.60. The number of nitrogens with zero attached hydrogens (tertiary/aromatic N) is 2. The van der Waals surface area contributed by atoms with Crippen molar-refractivity contribution < 1.29 is 28.6 Å². The van der Waals surface area contributed by atoms with Crippen molar-refractivity contribution in [3.05, 3.63) is 46.2 Å². The van der Waals surface area contributed by atoms with Crippen molar-refractivity contribution in [3.8, 4) is 0 Å². The van der Waals surface area contributed by atoms with Crippen molar-refractivity contribution in [3.63, 3.8) is 0 Å². The van der Waals surface area contributed by atoms with Crippen LogP contribution in [0.1, 0.15) is 39.7 Å². The molecule has 9 heteroatoms. The maximum Gasteiger partial charge on any atom is 0.356 e. The lowest BCUT2D eigenvalue weighted by atomic mass is 9.79. The van der Waals surface area contributed by atoms with Gasteiger partial charge in [-0.25, -0.2) is 9.18 Å². The van der Waals surface area contributed by atoms with Gasteiger partial charge in [0.15, 0.2) is 5.78 Å². The quantitative estimate of drug-likeness (QED) is 0.387. The predicted octanol–water partition coefficient (Wildman–Crippen LogP) is 2.97. The predicted molar refractivity (Wildman–Crippen MR) is 130 cm³/mol. The minimum Gasteiger partial charge on any atom is -0.453 e. The van der Waals surface area contributed by atoms with Crippen molar-refractivity contribution in [2.75, 3.05) is 19.7 Å². The second-order valence-electron chi connectivity index (χ2n) is 10.2. The van der Waals surface area contributed by atoms with E-state index in [-0.39, 0.29) is 52.9 Å². The summed E-state index contributed by atoms with van der Waals surface area (Å²) >= 11 is 1.58. The van der Waals surface area contributed by atoms with E-state index < -0.39 is 18.0 Å². The lowest BCUT2D eigenvalue weighted by Gasteiger charge is -2.46. The molecule has 0 radical (unpaired) electrons. The number of hydrogen-bond acceptors (Lipinski definition) is 7. The van der Waals surface area contributed by atoms with Crippen molar-refractivity contribution in [2.24, 2.45) is 17.8 Å². The average Bonchev–Trinajstić information content (AvgIpc) is 2.99. The summed E-state index contributed by atoms with van der Waals surface area (Å²) in [5, 5.41) is 10.4. The molecular formula is C26H33FN2O5S. The Hall–Kier alpha value is -2.23. The van der Waals surface area contributed by atoms with Crippen LogP contribution in [0.5, 0.6) is 0 Å². The number of ketones is 1. The summed E-state index contributed by atoms with van der Waals surface area (Å²) in [7, 11) is 0. The molecule has 0 spiro atoms. The maximum absolute atomic E-state index is 13.2. The number of fused-ring (bicyclic) bond motifs is 1. The Morgan fingerprint density at radius 1 is 1.20 bits per heavy atom. The lowest BCUT2D eigenvalue weighted by Crippen LogP contribution is -2.63. The third-order valence-electron chi connectivity index (χ3n) is 6.84. The Bertz CT molecular complexity index is 1020. The van der Waals surface area contributed by atoms with E-state index in [0.29, 0.717) is 6.42 Å². The molecule has 4 rings (SSSR count). The Kier molecular flexibility index (Phi) is 7.68. The largest absolute Gasteiger partial charge is 0.453 e. The molecule has 1 N–H and O–H groups in total. The van der Waals surface area contributed by atoms with Gasteiger partial charge in [-0.05, 0) is 30.5 Å². The van der Waals surface area contributed by atoms with Gasteiger partial charge in [-0.15, -0.1) is 11.8 Å². The fourth-order valence-corrected chi connectivity index (χ4v) is 6.73. The summed E-state index contributed by atoms with van der Waals surface area (Å²) in [5.41, 5.74) is 1.26. The number of likely N-dealkylation sites (tertiary alicyclic amines) is 1. The highest BCUT2D eigenvalue weighted by atomic mass is 32.2. The molecule has 1 aromatic carbocycles. The second-order valence-corrected chi connectivity index (χ2v) is 11.6. The number of Topliss-reactive ketones (excluding diaryl/α,β-unsaturated/α-hetero) is 1. The number of aliphatic hydroxyl groups is 1. The zero-order chi connectivity index (χ0) is 25.4. The normalized spacial score (nSPS) is 25.4. The van der Waals surface area contributed by atoms with Crippen molar-refractivity contribution >= 4 is 29.4 Å². The number of benzene rings is 1. The number of ether oxygens (including phenoxy) is 1. The number of carbonyl (C=O) groups is 3. The van der Waals surface area contributed by atoms with Gasteiger partial charge in [0.05, 0.1) is 18.1 Å². The summed E-state index contributed by atoms with van der Waals surface area (Å²) in [6.45, 7) is 9.42. The number of rotatable bonds is 10. The molecule has 1 aromatic rings. The zero-order valence-corrected chi connectivity index (χ0v) is 21.4. The molecule has 0 saturated carbocycles. The third kappa shape index (κ3) is 5.32. The van der Waals surface area contributed by atoms with Gasteiger partial charge >= 0.3 is 5.97 Å². The molecule has 0 aromatic heterocycles. The fourth-order valence-electron chi connectivity index (χ4n) is 5.15. The van der Waals surface area contributed by atoms with E-state index >= 15 is 0 Å². The molecule has 190 valence electrons. The van der Waals surface area contributed by atoms with E-state index in [0.717, 1.165) is 30.1 Å². The van der Waals surface area contributed by atoms with Gasteiger partial charge in [0.1, 0.15) is 18.1 Å². The zero-order valence-electron chi connectivity index (χ0n) is 20.6. The number of carbonyl (C=O) groups excluding carboxylic acids is 3. The minimum absolute atomic E-state index is 0.114. The molecule has 2 saturated heterocycles. The van der Waals surface area contributed by atoms with Crippen LogP contribution < -0.4 is 0 Å². The van der Waals surface area contributed by atoms with E-state index in [2.05, 4.69) is 4.90 Å². The first-order valence-electron chi connectivity index (χ1n) is 12.1.